The molecule has 3 heterocycles. The van der Waals surface area contributed by atoms with Crippen LogP contribution in [0.25, 0.3) is 11.0 Å². The average Bonchev–Trinajstić information content (AvgIpc) is 3.08. The van der Waals surface area contributed by atoms with Crippen LogP contribution in [0.1, 0.15) is 38.3 Å². The van der Waals surface area contributed by atoms with Gasteiger partial charge in [-0.3, -0.25) is 4.90 Å². The van der Waals surface area contributed by atoms with Gasteiger partial charge in [0.05, 0.1) is 17.8 Å². The molecule has 0 spiro atoms. The zero-order chi connectivity index (χ0) is 14.6. The lowest BCUT2D eigenvalue weighted by Crippen LogP contribution is -2.53. The van der Waals surface area contributed by atoms with Gasteiger partial charge in [0, 0.05) is 11.6 Å². The van der Waals surface area contributed by atoms with E-state index in [-0.39, 0.29) is 6.04 Å². The standard InChI is InChI=1S/C15H19N3O2S/c1-15(2)14(19)13(18-5-3-4-6-18)9-7-10-11(17-21-16-10)8-12(9)20-15/h7-8,13-14,19H,3-6H2,1-2H3. The van der Waals surface area contributed by atoms with E-state index < -0.39 is 11.7 Å². The molecule has 1 fully saturated rings. The lowest BCUT2D eigenvalue weighted by Gasteiger charge is -2.45. The number of hydrogen-bond acceptors (Lipinski definition) is 6. The van der Waals surface area contributed by atoms with Crippen LogP contribution in [0.2, 0.25) is 0 Å². The van der Waals surface area contributed by atoms with E-state index in [4.69, 9.17) is 4.74 Å². The van der Waals surface area contributed by atoms with E-state index >= 15 is 0 Å². The van der Waals surface area contributed by atoms with Crippen LogP contribution in [0.15, 0.2) is 12.1 Å². The Hall–Kier alpha value is -1.24. The Kier molecular flexibility index (Phi) is 2.96. The van der Waals surface area contributed by atoms with Gasteiger partial charge in [0.1, 0.15) is 28.5 Å². The molecule has 1 aromatic heterocycles. The highest BCUT2D eigenvalue weighted by Gasteiger charge is 2.46. The van der Waals surface area contributed by atoms with Crippen molar-refractivity contribution in [3.63, 3.8) is 0 Å². The van der Waals surface area contributed by atoms with Gasteiger partial charge in [-0.2, -0.15) is 8.75 Å². The summed E-state index contributed by atoms with van der Waals surface area (Å²) < 4.78 is 14.7. The first-order valence-electron chi connectivity index (χ1n) is 7.43. The van der Waals surface area contributed by atoms with Crippen LogP contribution in [-0.2, 0) is 0 Å². The summed E-state index contributed by atoms with van der Waals surface area (Å²) in [5.74, 6) is 0.836. The van der Waals surface area contributed by atoms with Gasteiger partial charge in [0.15, 0.2) is 0 Å². The number of aromatic nitrogens is 2. The summed E-state index contributed by atoms with van der Waals surface area (Å²) in [6.45, 7) is 5.97. The molecule has 2 unspecified atom stereocenters. The SMILES string of the molecule is CC1(C)Oc2cc3nsnc3cc2C(N2CCCC2)C1O. The highest BCUT2D eigenvalue weighted by molar-refractivity contribution is 7.00. The van der Waals surface area contributed by atoms with Crippen LogP contribution in [0, 0.1) is 0 Å². The van der Waals surface area contributed by atoms with E-state index in [0.717, 1.165) is 35.4 Å². The third kappa shape index (κ3) is 2.05. The van der Waals surface area contributed by atoms with Crippen molar-refractivity contribution in [3.8, 4) is 5.75 Å². The van der Waals surface area contributed by atoms with E-state index in [1.54, 1.807) is 0 Å². The van der Waals surface area contributed by atoms with Crippen molar-refractivity contribution >= 4 is 22.8 Å². The summed E-state index contributed by atoms with van der Waals surface area (Å²) in [7, 11) is 0. The van der Waals surface area contributed by atoms with E-state index in [1.165, 1.54) is 24.6 Å². The van der Waals surface area contributed by atoms with Crippen LogP contribution in [-0.4, -0.2) is 43.5 Å². The van der Waals surface area contributed by atoms with Crippen LogP contribution in [0.3, 0.4) is 0 Å². The number of aliphatic hydroxyl groups excluding tert-OH is 1. The normalized spacial score (nSPS) is 28.5. The zero-order valence-corrected chi connectivity index (χ0v) is 13.1. The van der Waals surface area contributed by atoms with Crippen molar-refractivity contribution < 1.29 is 9.84 Å². The second kappa shape index (κ2) is 4.63. The Labute approximate surface area is 127 Å². The first-order chi connectivity index (χ1) is 10.1. The van der Waals surface area contributed by atoms with Crippen molar-refractivity contribution in [2.45, 2.75) is 44.4 Å². The maximum atomic E-state index is 10.8. The fourth-order valence-electron chi connectivity index (χ4n) is 3.46. The molecular weight excluding hydrogens is 286 g/mol. The number of likely N-dealkylation sites (tertiary alicyclic amines) is 1. The molecule has 4 rings (SSSR count). The minimum absolute atomic E-state index is 0.0163. The summed E-state index contributed by atoms with van der Waals surface area (Å²) in [4.78, 5) is 2.37. The number of benzene rings is 1. The smallest absolute Gasteiger partial charge is 0.131 e. The molecule has 1 aromatic carbocycles. The molecule has 5 nitrogen and oxygen atoms in total. The molecule has 0 amide bonds. The number of rotatable bonds is 1. The average molecular weight is 305 g/mol. The predicted molar refractivity (Wildman–Crippen MR) is 81.7 cm³/mol. The lowest BCUT2D eigenvalue weighted by molar-refractivity contribution is -0.0894. The zero-order valence-electron chi connectivity index (χ0n) is 12.2. The lowest BCUT2D eigenvalue weighted by atomic mass is 9.85. The number of ether oxygens (including phenoxy) is 1. The number of fused-ring (bicyclic) bond motifs is 2. The molecule has 21 heavy (non-hydrogen) atoms. The first-order valence-corrected chi connectivity index (χ1v) is 8.17. The third-order valence-electron chi connectivity index (χ3n) is 4.62. The van der Waals surface area contributed by atoms with Crippen molar-refractivity contribution in [2.24, 2.45) is 0 Å². The van der Waals surface area contributed by atoms with Gasteiger partial charge < -0.3 is 9.84 Å². The van der Waals surface area contributed by atoms with Gasteiger partial charge >= 0.3 is 0 Å². The van der Waals surface area contributed by atoms with Crippen molar-refractivity contribution in [3.05, 3.63) is 17.7 Å². The van der Waals surface area contributed by atoms with Crippen LogP contribution >= 0.6 is 11.7 Å². The topological polar surface area (TPSA) is 58.5 Å². The second-order valence-corrected chi connectivity index (χ2v) is 7.01. The molecule has 2 aliphatic heterocycles. The Balaban J connectivity index is 1.88. The fourth-order valence-corrected chi connectivity index (χ4v) is 3.97. The van der Waals surface area contributed by atoms with Gasteiger partial charge in [0.25, 0.3) is 0 Å². The fraction of sp³-hybridized carbons (Fsp3) is 0.600. The van der Waals surface area contributed by atoms with Crippen molar-refractivity contribution in [1.29, 1.82) is 0 Å². The molecule has 1 saturated heterocycles. The largest absolute Gasteiger partial charge is 0.485 e. The number of hydrogen-bond donors (Lipinski definition) is 1. The molecule has 0 aliphatic carbocycles. The summed E-state index contributed by atoms with van der Waals surface area (Å²) in [5, 5.41) is 10.8. The van der Waals surface area contributed by atoms with E-state index in [2.05, 4.69) is 13.6 Å². The maximum absolute atomic E-state index is 10.8. The summed E-state index contributed by atoms with van der Waals surface area (Å²) >= 11 is 1.21. The van der Waals surface area contributed by atoms with Crippen molar-refractivity contribution in [1.82, 2.24) is 13.6 Å². The molecule has 1 N–H and O–H groups in total. The maximum Gasteiger partial charge on any atom is 0.131 e. The van der Waals surface area contributed by atoms with Crippen molar-refractivity contribution in [2.75, 3.05) is 13.1 Å². The Morgan fingerprint density at radius 2 is 1.90 bits per heavy atom. The summed E-state index contributed by atoms with van der Waals surface area (Å²) in [5.41, 5.74) is 2.20. The second-order valence-electron chi connectivity index (χ2n) is 6.48. The minimum Gasteiger partial charge on any atom is -0.485 e. The third-order valence-corrected chi connectivity index (χ3v) is 5.18. The predicted octanol–water partition coefficient (Wildman–Crippen LogP) is 2.36. The van der Waals surface area contributed by atoms with Gasteiger partial charge in [-0.1, -0.05) is 0 Å². The molecule has 2 atom stereocenters. The highest BCUT2D eigenvalue weighted by Crippen LogP contribution is 2.45. The Morgan fingerprint density at radius 1 is 1.24 bits per heavy atom. The molecular formula is C15H19N3O2S. The molecule has 0 saturated carbocycles. The monoisotopic (exact) mass is 305 g/mol. The van der Waals surface area contributed by atoms with Crippen LogP contribution in [0.4, 0.5) is 0 Å². The van der Waals surface area contributed by atoms with E-state index in [1.807, 2.05) is 26.0 Å². The summed E-state index contributed by atoms with van der Waals surface area (Å²) in [6.07, 6.45) is 1.84. The number of aliphatic hydroxyl groups is 1. The highest BCUT2D eigenvalue weighted by atomic mass is 32.1. The van der Waals surface area contributed by atoms with Gasteiger partial charge in [-0.15, -0.1) is 0 Å². The number of nitrogens with zero attached hydrogens (tertiary/aromatic N) is 3. The molecule has 2 aromatic rings. The summed E-state index contributed by atoms with van der Waals surface area (Å²) in [6, 6.07) is 3.98. The van der Waals surface area contributed by atoms with Crippen LogP contribution in [0.5, 0.6) is 5.75 Å². The Bertz CT molecular complexity index is 679. The first kappa shape index (κ1) is 13.4. The van der Waals surface area contributed by atoms with Gasteiger partial charge in [-0.25, -0.2) is 0 Å². The molecule has 0 bridgehead atoms. The molecule has 2 aliphatic rings. The van der Waals surface area contributed by atoms with Gasteiger partial charge in [0.2, 0.25) is 0 Å². The molecule has 0 radical (unpaired) electrons. The van der Waals surface area contributed by atoms with Crippen LogP contribution < -0.4 is 4.74 Å². The molecule has 6 heteroatoms. The minimum atomic E-state index is -0.600. The van der Waals surface area contributed by atoms with E-state index in [9.17, 15) is 5.11 Å². The van der Waals surface area contributed by atoms with Gasteiger partial charge in [-0.05, 0) is 45.8 Å². The van der Waals surface area contributed by atoms with E-state index in [0.29, 0.717) is 0 Å². The Morgan fingerprint density at radius 3 is 2.62 bits per heavy atom. The molecule has 112 valence electrons. The quantitative estimate of drug-likeness (QED) is 0.876.